The third kappa shape index (κ3) is 4.69. The first kappa shape index (κ1) is 25.7. The minimum Gasteiger partial charge on any atom is -0.256 e. The Labute approximate surface area is 255 Å². The summed E-state index contributed by atoms with van der Waals surface area (Å²) >= 11 is 0. The second-order valence-corrected chi connectivity index (χ2v) is 10.7. The fourth-order valence-corrected chi connectivity index (χ4v) is 5.86. The van der Waals surface area contributed by atoms with Crippen molar-refractivity contribution in [3.05, 3.63) is 158 Å². The van der Waals surface area contributed by atoms with Gasteiger partial charge in [0.2, 0.25) is 0 Å². The topological polar surface area (TPSA) is 51.6 Å². The number of nitrogens with zero attached hydrogens (tertiary/aromatic N) is 4. The van der Waals surface area contributed by atoms with Crippen LogP contribution >= 0.6 is 0 Å². The van der Waals surface area contributed by atoms with Crippen LogP contribution in [0.25, 0.3) is 78.1 Å². The number of fused-ring (bicyclic) bond motifs is 2. The summed E-state index contributed by atoms with van der Waals surface area (Å²) in [4.78, 5) is 19.7. The van der Waals surface area contributed by atoms with Crippen LogP contribution in [-0.2, 0) is 0 Å². The lowest BCUT2D eigenvalue weighted by molar-refractivity contribution is 1.08. The van der Waals surface area contributed by atoms with E-state index in [9.17, 15) is 0 Å². The Morgan fingerprint density at radius 1 is 0.341 bits per heavy atom. The van der Waals surface area contributed by atoms with Crippen molar-refractivity contribution in [2.75, 3.05) is 0 Å². The summed E-state index contributed by atoms with van der Waals surface area (Å²) in [6.45, 7) is 0. The zero-order valence-electron chi connectivity index (χ0n) is 23.8. The molecule has 0 saturated heterocycles. The Kier molecular flexibility index (Phi) is 6.43. The Bertz CT molecular complexity index is 2200. The van der Waals surface area contributed by atoms with Gasteiger partial charge in [-0.2, -0.15) is 0 Å². The molecule has 44 heavy (non-hydrogen) atoms. The molecule has 0 aliphatic carbocycles. The van der Waals surface area contributed by atoms with Crippen LogP contribution in [0, 0.1) is 0 Å². The molecule has 0 amide bonds. The van der Waals surface area contributed by atoms with Crippen LogP contribution < -0.4 is 0 Å². The van der Waals surface area contributed by atoms with E-state index in [2.05, 4.69) is 89.9 Å². The average Bonchev–Trinajstić information content (AvgIpc) is 3.11. The molecule has 0 bridgehead atoms. The van der Waals surface area contributed by atoms with Gasteiger partial charge in [-0.25, -0.2) is 15.0 Å². The Morgan fingerprint density at radius 2 is 0.932 bits per heavy atom. The third-order valence-corrected chi connectivity index (χ3v) is 8.00. The van der Waals surface area contributed by atoms with E-state index in [1.165, 1.54) is 5.56 Å². The maximum Gasteiger partial charge on any atom is 0.165 e. The lowest BCUT2D eigenvalue weighted by Crippen LogP contribution is -2.01. The second kappa shape index (κ2) is 11.0. The highest BCUT2D eigenvalue weighted by Gasteiger charge is 2.18. The van der Waals surface area contributed by atoms with Crippen molar-refractivity contribution in [2.24, 2.45) is 0 Å². The number of benzene rings is 6. The Hall–Kier alpha value is -6.00. The van der Waals surface area contributed by atoms with Gasteiger partial charge in [0.25, 0.3) is 0 Å². The van der Waals surface area contributed by atoms with Gasteiger partial charge < -0.3 is 0 Å². The summed E-state index contributed by atoms with van der Waals surface area (Å²) in [5, 5.41) is 3.37. The zero-order chi connectivity index (χ0) is 29.3. The number of pyridine rings is 1. The fraction of sp³-hybridized carbons (Fsp3) is 0. The molecular weight excluding hydrogens is 536 g/mol. The molecular formula is C40H26N4. The van der Waals surface area contributed by atoms with Gasteiger partial charge in [0.05, 0.1) is 5.52 Å². The highest BCUT2D eigenvalue weighted by Crippen LogP contribution is 2.39. The van der Waals surface area contributed by atoms with E-state index in [1.807, 2.05) is 72.9 Å². The largest absolute Gasteiger partial charge is 0.256 e. The highest BCUT2D eigenvalue weighted by atomic mass is 15.0. The number of hydrogen-bond acceptors (Lipinski definition) is 4. The van der Waals surface area contributed by atoms with Crippen molar-refractivity contribution in [1.82, 2.24) is 19.9 Å². The predicted molar refractivity (Wildman–Crippen MR) is 180 cm³/mol. The maximum absolute atomic E-state index is 5.11. The molecule has 0 spiro atoms. The molecule has 6 aromatic carbocycles. The molecule has 0 fully saturated rings. The minimum atomic E-state index is 0.647. The van der Waals surface area contributed by atoms with Gasteiger partial charge in [0, 0.05) is 28.3 Å². The molecule has 0 unspecified atom stereocenters. The standard InChI is InChI=1S/C40H26N4/c1-3-12-30(13-4-1)38-42-39(31-14-5-2-6-15-31)44-40(43-38)37-33-16-8-7-11-27(33)24-25-34(37)29-22-20-28(21-23-29)32-17-9-19-36-35(32)18-10-26-41-36/h1-26H. The van der Waals surface area contributed by atoms with Gasteiger partial charge >= 0.3 is 0 Å². The number of rotatable bonds is 5. The first-order valence-corrected chi connectivity index (χ1v) is 14.7. The highest BCUT2D eigenvalue weighted by molar-refractivity contribution is 6.03. The zero-order valence-corrected chi connectivity index (χ0v) is 23.8. The molecule has 2 heterocycles. The molecule has 0 radical (unpaired) electrons. The Morgan fingerprint density at radius 3 is 1.64 bits per heavy atom. The van der Waals surface area contributed by atoms with Crippen LogP contribution in [0.15, 0.2) is 158 Å². The van der Waals surface area contributed by atoms with Crippen LogP contribution in [0.1, 0.15) is 0 Å². The fourth-order valence-electron chi connectivity index (χ4n) is 5.86. The molecule has 0 N–H and O–H groups in total. The van der Waals surface area contributed by atoms with Crippen LogP contribution in [0.2, 0.25) is 0 Å². The predicted octanol–water partition coefficient (Wildman–Crippen LogP) is 9.91. The molecule has 0 aliphatic rings. The smallest absolute Gasteiger partial charge is 0.165 e. The molecule has 4 heteroatoms. The van der Waals surface area contributed by atoms with E-state index in [1.54, 1.807) is 0 Å². The lowest BCUT2D eigenvalue weighted by Gasteiger charge is -2.15. The van der Waals surface area contributed by atoms with Gasteiger partial charge in [-0.3, -0.25) is 4.98 Å². The van der Waals surface area contributed by atoms with E-state index < -0.39 is 0 Å². The Balaban J connectivity index is 1.33. The van der Waals surface area contributed by atoms with Gasteiger partial charge in [0.15, 0.2) is 17.5 Å². The van der Waals surface area contributed by atoms with Crippen LogP contribution in [0.3, 0.4) is 0 Å². The molecule has 0 aliphatic heterocycles. The van der Waals surface area contributed by atoms with Crippen LogP contribution in [0.5, 0.6) is 0 Å². The van der Waals surface area contributed by atoms with E-state index in [0.29, 0.717) is 17.5 Å². The summed E-state index contributed by atoms with van der Waals surface area (Å²) in [5.41, 5.74) is 8.35. The normalized spacial score (nSPS) is 11.2. The number of hydrogen-bond donors (Lipinski definition) is 0. The summed E-state index contributed by atoms with van der Waals surface area (Å²) in [7, 11) is 0. The quantitative estimate of drug-likeness (QED) is 0.209. The number of aromatic nitrogens is 4. The second-order valence-electron chi connectivity index (χ2n) is 10.7. The van der Waals surface area contributed by atoms with Crippen molar-refractivity contribution in [1.29, 1.82) is 0 Å². The summed E-state index contributed by atoms with van der Waals surface area (Å²) in [5.74, 6) is 1.94. The average molecular weight is 563 g/mol. The first-order valence-electron chi connectivity index (χ1n) is 14.7. The maximum atomic E-state index is 5.11. The van der Waals surface area contributed by atoms with Gasteiger partial charge in [-0.05, 0) is 45.2 Å². The van der Waals surface area contributed by atoms with E-state index in [4.69, 9.17) is 15.0 Å². The van der Waals surface area contributed by atoms with Crippen molar-refractivity contribution < 1.29 is 0 Å². The summed E-state index contributed by atoms with van der Waals surface area (Å²) < 4.78 is 0. The van der Waals surface area contributed by atoms with E-state index in [-0.39, 0.29) is 0 Å². The minimum absolute atomic E-state index is 0.647. The van der Waals surface area contributed by atoms with Crippen LogP contribution in [0.4, 0.5) is 0 Å². The van der Waals surface area contributed by atoms with Crippen molar-refractivity contribution in [3.63, 3.8) is 0 Å². The molecule has 8 rings (SSSR count). The van der Waals surface area contributed by atoms with Gasteiger partial charge in [-0.1, -0.05) is 140 Å². The lowest BCUT2D eigenvalue weighted by atomic mass is 9.92. The summed E-state index contributed by atoms with van der Waals surface area (Å²) in [6, 6.07) is 52.2. The molecule has 2 aromatic heterocycles. The van der Waals surface area contributed by atoms with Gasteiger partial charge in [-0.15, -0.1) is 0 Å². The first-order chi connectivity index (χ1) is 21.8. The monoisotopic (exact) mass is 562 g/mol. The molecule has 0 saturated carbocycles. The van der Waals surface area contributed by atoms with Gasteiger partial charge in [0.1, 0.15) is 0 Å². The van der Waals surface area contributed by atoms with E-state index in [0.717, 1.165) is 55.1 Å². The summed E-state index contributed by atoms with van der Waals surface area (Å²) in [6.07, 6.45) is 1.84. The SMILES string of the molecule is c1ccc(-c2nc(-c3ccccc3)nc(-c3c(-c4ccc(-c5cccc6ncccc56)cc4)ccc4ccccc34)n2)cc1. The molecule has 4 nitrogen and oxygen atoms in total. The molecule has 206 valence electrons. The van der Waals surface area contributed by atoms with Crippen molar-refractivity contribution >= 4 is 21.7 Å². The molecule has 8 aromatic rings. The van der Waals surface area contributed by atoms with Crippen molar-refractivity contribution in [3.8, 4) is 56.4 Å². The third-order valence-electron chi connectivity index (χ3n) is 8.00. The van der Waals surface area contributed by atoms with Crippen molar-refractivity contribution in [2.45, 2.75) is 0 Å². The van der Waals surface area contributed by atoms with Crippen LogP contribution in [-0.4, -0.2) is 19.9 Å². The molecule has 0 atom stereocenters. The van der Waals surface area contributed by atoms with E-state index >= 15 is 0 Å².